The number of likely N-dealkylation sites (tertiary alicyclic amines) is 1. The number of amides is 2. The SMILES string of the molecule is CC(C)=C[C@@H]1[C@@H](C(=O)N2CCC(C(=O)Nc3ccc(S(N)(=O)=O)cc3)CC2)C1(C)C. The van der Waals surface area contributed by atoms with Crippen LogP contribution < -0.4 is 10.5 Å². The van der Waals surface area contributed by atoms with Gasteiger partial charge in [0.15, 0.2) is 0 Å². The van der Waals surface area contributed by atoms with Crippen LogP contribution in [0.4, 0.5) is 5.69 Å². The molecule has 3 rings (SSSR count). The van der Waals surface area contributed by atoms with Gasteiger partial charge in [-0.2, -0.15) is 0 Å². The Kier molecular flexibility index (Phi) is 6.11. The van der Waals surface area contributed by atoms with Crippen LogP contribution >= 0.6 is 0 Å². The summed E-state index contributed by atoms with van der Waals surface area (Å²) in [5, 5.41) is 7.91. The molecule has 1 aromatic rings. The van der Waals surface area contributed by atoms with Crippen LogP contribution in [0.3, 0.4) is 0 Å². The van der Waals surface area contributed by atoms with Crippen molar-refractivity contribution < 1.29 is 18.0 Å². The molecule has 2 amide bonds. The molecule has 8 heteroatoms. The van der Waals surface area contributed by atoms with Gasteiger partial charge in [-0.25, -0.2) is 13.6 Å². The second-order valence-electron chi connectivity index (χ2n) is 9.23. The minimum atomic E-state index is -3.76. The average molecular weight is 434 g/mol. The molecule has 0 bridgehead atoms. The standard InChI is InChI=1S/C22H31N3O4S/c1-14(2)13-18-19(22(18,3)4)21(27)25-11-9-15(10-12-25)20(26)24-16-5-7-17(8-6-16)30(23,28)29/h5-8,13,15,18-19H,9-12H2,1-4H3,(H,24,26)(H2,23,28,29)/t18-,19+/m1/s1. The van der Waals surface area contributed by atoms with E-state index in [1.165, 1.54) is 29.8 Å². The van der Waals surface area contributed by atoms with E-state index in [1.807, 2.05) is 4.90 Å². The first-order valence-electron chi connectivity index (χ1n) is 10.3. The molecule has 0 unspecified atom stereocenters. The Labute approximate surface area is 178 Å². The molecule has 0 aromatic heterocycles. The number of nitrogens with zero attached hydrogens (tertiary/aromatic N) is 1. The third kappa shape index (κ3) is 4.75. The van der Waals surface area contributed by atoms with Crippen LogP contribution in [0.15, 0.2) is 40.8 Å². The number of hydrogen-bond donors (Lipinski definition) is 2. The fraction of sp³-hybridized carbons (Fsp3) is 0.545. The molecular weight excluding hydrogens is 402 g/mol. The van der Waals surface area contributed by atoms with Crippen LogP contribution in [-0.4, -0.2) is 38.2 Å². The van der Waals surface area contributed by atoms with E-state index >= 15 is 0 Å². The number of nitrogens with one attached hydrogen (secondary N) is 1. The topological polar surface area (TPSA) is 110 Å². The number of allylic oxidation sites excluding steroid dienone is 2. The second-order valence-corrected chi connectivity index (χ2v) is 10.8. The van der Waals surface area contributed by atoms with Crippen LogP contribution in [0.2, 0.25) is 0 Å². The largest absolute Gasteiger partial charge is 0.342 e. The van der Waals surface area contributed by atoms with Crippen LogP contribution in [0, 0.1) is 23.2 Å². The molecular formula is C22H31N3O4S. The summed E-state index contributed by atoms with van der Waals surface area (Å²) in [7, 11) is -3.76. The van der Waals surface area contributed by atoms with Crippen molar-refractivity contribution in [2.75, 3.05) is 18.4 Å². The van der Waals surface area contributed by atoms with Gasteiger partial charge in [-0.05, 0) is 62.3 Å². The van der Waals surface area contributed by atoms with Crippen molar-refractivity contribution in [3.05, 3.63) is 35.9 Å². The fourth-order valence-corrected chi connectivity index (χ4v) is 4.87. The Morgan fingerprint density at radius 2 is 1.70 bits per heavy atom. The lowest BCUT2D eigenvalue weighted by atomic mass is 9.95. The maximum Gasteiger partial charge on any atom is 0.238 e. The van der Waals surface area contributed by atoms with E-state index < -0.39 is 10.0 Å². The second kappa shape index (κ2) is 8.15. The zero-order valence-corrected chi connectivity index (χ0v) is 18.8. The highest BCUT2D eigenvalue weighted by Gasteiger charge is 2.61. The van der Waals surface area contributed by atoms with Gasteiger partial charge in [0.1, 0.15) is 0 Å². The Morgan fingerprint density at radius 1 is 1.13 bits per heavy atom. The summed E-state index contributed by atoms with van der Waals surface area (Å²) >= 11 is 0. The molecule has 1 saturated carbocycles. The first kappa shape index (κ1) is 22.5. The Hall–Kier alpha value is -2.19. The molecule has 1 aliphatic carbocycles. The van der Waals surface area contributed by atoms with Gasteiger partial charge in [0.2, 0.25) is 21.8 Å². The van der Waals surface area contributed by atoms with Crippen LogP contribution in [-0.2, 0) is 19.6 Å². The summed E-state index contributed by atoms with van der Waals surface area (Å²) in [6.45, 7) is 9.55. The number of carbonyl (C=O) groups excluding carboxylic acids is 2. The third-order valence-electron chi connectivity index (χ3n) is 6.32. The smallest absolute Gasteiger partial charge is 0.238 e. The zero-order chi connectivity index (χ0) is 22.3. The summed E-state index contributed by atoms with van der Waals surface area (Å²) in [5.74, 6) is 0.221. The Bertz CT molecular complexity index is 955. The van der Waals surface area contributed by atoms with Crippen molar-refractivity contribution in [2.24, 2.45) is 28.3 Å². The van der Waals surface area contributed by atoms with Crippen LogP contribution in [0.1, 0.15) is 40.5 Å². The lowest BCUT2D eigenvalue weighted by Gasteiger charge is -2.32. The quantitative estimate of drug-likeness (QED) is 0.696. The van der Waals surface area contributed by atoms with Gasteiger partial charge in [0.25, 0.3) is 0 Å². The number of sulfonamides is 1. The van der Waals surface area contributed by atoms with Crippen molar-refractivity contribution in [1.29, 1.82) is 0 Å². The molecule has 1 heterocycles. The van der Waals surface area contributed by atoms with E-state index in [1.54, 1.807) is 0 Å². The molecule has 0 radical (unpaired) electrons. The van der Waals surface area contributed by atoms with E-state index in [0.717, 1.165) is 0 Å². The number of hydrogen-bond acceptors (Lipinski definition) is 4. The molecule has 2 atom stereocenters. The van der Waals surface area contributed by atoms with Crippen molar-refractivity contribution in [3.63, 3.8) is 0 Å². The van der Waals surface area contributed by atoms with Crippen molar-refractivity contribution in [3.8, 4) is 0 Å². The van der Waals surface area contributed by atoms with E-state index in [4.69, 9.17) is 5.14 Å². The highest BCUT2D eigenvalue weighted by atomic mass is 32.2. The minimum Gasteiger partial charge on any atom is -0.342 e. The lowest BCUT2D eigenvalue weighted by Crippen LogP contribution is -2.42. The normalized spacial score (nSPS) is 23.6. The molecule has 0 spiro atoms. The molecule has 1 aromatic carbocycles. The number of rotatable bonds is 5. The molecule has 1 saturated heterocycles. The maximum atomic E-state index is 13.0. The highest BCUT2D eigenvalue weighted by Crippen LogP contribution is 2.60. The monoisotopic (exact) mass is 433 g/mol. The number of anilines is 1. The first-order chi connectivity index (χ1) is 13.9. The molecule has 2 aliphatic rings. The fourth-order valence-electron chi connectivity index (χ4n) is 4.35. The molecule has 164 valence electrons. The minimum absolute atomic E-state index is 0.00161. The van der Waals surface area contributed by atoms with Crippen molar-refractivity contribution in [2.45, 2.75) is 45.4 Å². The number of piperidine rings is 1. The number of nitrogens with two attached hydrogens (primary N) is 1. The van der Waals surface area contributed by atoms with Gasteiger partial charge in [0.05, 0.1) is 10.8 Å². The summed E-state index contributed by atoms with van der Waals surface area (Å²) in [6, 6.07) is 5.78. The van der Waals surface area contributed by atoms with E-state index in [-0.39, 0.29) is 39.9 Å². The number of benzene rings is 1. The number of primary sulfonamides is 1. The summed E-state index contributed by atoms with van der Waals surface area (Å²) in [5.41, 5.74) is 1.75. The summed E-state index contributed by atoms with van der Waals surface area (Å²) in [6.07, 6.45) is 3.44. The average Bonchev–Trinajstić information content (AvgIpc) is 3.20. The molecule has 30 heavy (non-hydrogen) atoms. The van der Waals surface area contributed by atoms with Gasteiger partial charge in [-0.3, -0.25) is 9.59 Å². The summed E-state index contributed by atoms with van der Waals surface area (Å²) < 4.78 is 22.6. The van der Waals surface area contributed by atoms with E-state index in [9.17, 15) is 18.0 Å². The van der Waals surface area contributed by atoms with Crippen molar-refractivity contribution >= 4 is 27.5 Å². The molecule has 3 N–H and O–H groups in total. The van der Waals surface area contributed by atoms with Gasteiger partial charge in [-0.1, -0.05) is 25.5 Å². The van der Waals surface area contributed by atoms with Crippen LogP contribution in [0.25, 0.3) is 0 Å². The zero-order valence-electron chi connectivity index (χ0n) is 18.0. The van der Waals surface area contributed by atoms with E-state index in [0.29, 0.717) is 31.6 Å². The lowest BCUT2D eigenvalue weighted by molar-refractivity contribution is -0.136. The maximum absolute atomic E-state index is 13.0. The number of carbonyl (C=O) groups is 2. The first-order valence-corrected chi connectivity index (χ1v) is 11.8. The van der Waals surface area contributed by atoms with Crippen LogP contribution in [0.5, 0.6) is 0 Å². The predicted molar refractivity (Wildman–Crippen MR) is 116 cm³/mol. The van der Waals surface area contributed by atoms with Gasteiger partial charge < -0.3 is 10.2 Å². The molecule has 7 nitrogen and oxygen atoms in total. The Morgan fingerprint density at radius 3 is 2.20 bits per heavy atom. The van der Waals surface area contributed by atoms with Gasteiger partial charge >= 0.3 is 0 Å². The highest BCUT2D eigenvalue weighted by molar-refractivity contribution is 7.89. The van der Waals surface area contributed by atoms with Gasteiger partial charge in [0, 0.05) is 24.7 Å². The Balaban J connectivity index is 1.53. The summed E-state index contributed by atoms with van der Waals surface area (Å²) in [4.78, 5) is 27.5. The third-order valence-corrected chi connectivity index (χ3v) is 7.25. The molecule has 1 aliphatic heterocycles. The molecule has 2 fully saturated rings. The van der Waals surface area contributed by atoms with Gasteiger partial charge in [-0.15, -0.1) is 0 Å². The van der Waals surface area contributed by atoms with Crippen molar-refractivity contribution in [1.82, 2.24) is 4.90 Å². The predicted octanol–water partition coefficient (Wildman–Crippen LogP) is 2.75. The van der Waals surface area contributed by atoms with E-state index in [2.05, 4.69) is 39.1 Å².